The second kappa shape index (κ2) is 8.35. The first kappa shape index (κ1) is 18.1. The number of rotatable bonds is 7. The first-order valence-electron chi connectivity index (χ1n) is 6.54. The Bertz CT molecular complexity index is 387. The first-order valence-corrected chi connectivity index (χ1v) is 6.54. The minimum atomic E-state index is -0.800. The van der Waals surface area contributed by atoms with E-state index in [1.807, 2.05) is 0 Å². The fraction of sp³-hybridized carbons (Fsp3) is 0.643. The first-order chi connectivity index (χ1) is 9.24. The molecule has 0 rings (SSSR count). The maximum atomic E-state index is 11.7. The Balaban J connectivity index is 4.92. The quantitative estimate of drug-likeness (QED) is 0.520. The monoisotopic (exact) mass is 285 g/mol. The van der Waals surface area contributed by atoms with Gasteiger partial charge < -0.3 is 14.4 Å². The van der Waals surface area contributed by atoms with Crippen LogP contribution in [0.5, 0.6) is 0 Å². The van der Waals surface area contributed by atoms with Gasteiger partial charge in [0.2, 0.25) is 5.91 Å². The molecule has 0 heterocycles. The Morgan fingerprint density at radius 3 is 2.10 bits per heavy atom. The van der Waals surface area contributed by atoms with E-state index in [1.165, 1.54) is 24.0 Å². The Hall–Kier alpha value is -1.85. The largest absolute Gasteiger partial charge is 0.465 e. The molecular formula is C14H23NO5. The molecule has 0 fully saturated rings. The molecule has 0 spiro atoms. The topological polar surface area (TPSA) is 72.9 Å². The number of amides is 1. The van der Waals surface area contributed by atoms with Crippen molar-refractivity contribution < 1.29 is 23.9 Å². The van der Waals surface area contributed by atoms with E-state index in [9.17, 15) is 14.4 Å². The number of nitrogens with zero attached hydrogens (tertiary/aromatic N) is 1. The van der Waals surface area contributed by atoms with Gasteiger partial charge >= 0.3 is 11.9 Å². The van der Waals surface area contributed by atoms with Crippen LogP contribution in [0.3, 0.4) is 0 Å². The highest BCUT2D eigenvalue weighted by Crippen LogP contribution is 2.16. The fourth-order valence-electron chi connectivity index (χ4n) is 1.61. The zero-order chi connectivity index (χ0) is 15.8. The predicted octanol–water partition coefficient (Wildman–Crippen LogP) is 1.30. The van der Waals surface area contributed by atoms with Crippen LogP contribution in [0, 0.1) is 0 Å². The van der Waals surface area contributed by atoms with Crippen LogP contribution in [0.4, 0.5) is 0 Å². The number of ether oxygens (including phenoxy) is 2. The molecule has 0 aliphatic rings. The Morgan fingerprint density at radius 2 is 1.65 bits per heavy atom. The van der Waals surface area contributed by atoms with Crippen LogP contribution in [0.1, 0.15) is 34.6 Å². The second-order valence-corrected chi connectivity index (χ2v) is 4.65. The van der Waals surface area contributed by atoms with Crippen LogP contribution in [-0.2, 0) is 23.9 Å². The highest BCUT2D eigenvalue weighted by atomic mass is 16.5. The van der Waals surface area contributed by atoms with Crippen molar-refractivity contribution in [3.8, 4) is 0 Å². The average molecular weight is 285 g/mol. The molecule has 0 aromatic carbocycles. The Kier molecular flexibility index (Phi) is 7.57. The molecule has 0 aromatic rings. The van der Waals surface area contributed by atoms with Crippen LogP contribution in [0.15, 0.2) is 12.2 Å². The van der Waals surface area contributed by atoms with Gasteiger partial charge in [0.05, 0.1) is 18.8 Å². The van der Waals surface area contributed by atoms with E-state index in [1.54, 1.807) is 27.7 Å². The van der Waals surface area contributed by atoms with Crippen molar-refractivity contribution in [2.24, 2.45) is 0 Å². The van der Waals surface area contributed by atoms with Gasteiger partial charge in [0, 0.05) is 13.0 Å². The molecule has 0 aliphatic heterocycles. The highest BCUT2D eigenvalue weighted by Gasteiger charge is 2.29. The minimum absolute atomic E-state index is 0.163. The molecule has 114 valence electrons. The molecule has 0 N–H and O–H groups in total. The van der Waals surface area contributed by atoms with Gasteiger partial charge in [-0.3, -0.25) is 9.59 Å². The Morgan fingerprint density at radius 1 is 1.10 bits per heavy atom. The highest BCUT2D eigenvalue weighted by molar-refractivity contribution is 5.83. The van der Waals surface area contributed by atoms with Gasteiger partial charge in [0.25, 0.3) is 0 Å². The normalized spacial score (nSPS) is 11.2. The number of hydrogen-bond donors (Lipinski definition) is 0. The lowest BCUT2D eigenvalue weighted by Crippen LogP contribution is -2.48. The molecule has 6 nitrogen and oxygen atoms in total. The van der Waals surface area contributed by atoms with Crippen LogP contribution < -0.4 is 0 Å². The molecule has 0 unspecified atom stereocenters. The average Bonchev–Trinajstić information content (AvgIpc) is 2.34. The van der Waals surface area contributed by atoms with Crippen molar-refractivity contribution in [1.82, 2.24) is 4.90 Å². The molecule has 0 aromatic heterocycles. The summed E-state index contributed by atoms with van der Waals surface area (Å²) in [5, 5.41) is 0. The predicted molar refractivity (Wildman–Crippen MR) is 73.9 cm³/mol. The summed E-state index contributed by atoms with van der Waals surface area (Å²) >= 11 is 0. The third kappa shape index (κ3) is 6.36. The van der Waals surface area contributed by atoms with Crippen molar-refractivity contribution in [2.45, 2.75) is 40.2 Å². The van der Waals surface area contributed by atoms with Gasteiger partial charge in [-0.1, -0.05) is 6.08 Å². The lowest BCUT2D eigenvalue weighted by atomic mass is 10.0. The minimum Gasteiger partial charge on any atom is -0.465 e. The molecule has 6 heteroatoms. The summed E-state index contributed by atoms with van der Waals surface area (Å²) in [7, 11) is 0. The number of carbonyl (C=O) groups excluding carboxylic acids is 3. The van der Waals surface area contributed by atoms with E-state index in [4.69, 9.17) is 9.47 Å². The van der Waals surface area contributed by atoms with Gasteiger partial charge in [-0.2, -0.15) is 0 Å². The van der Waals surface area contributed by atoms with Crippen molar-refractivity contribution in [1.29, 1.82) is 0 Å². The Labute approximate surface area is 119 Å². The molecule has 1 amide bonds. The van der Waals surface area contributed by atoms with Gasteiger partial charge in [0.15, 0.2) is 0 Å². The number of hydrogen-bond acceptors (Lipinski definition) is 5. The summed E-state index contributed by atoms with van der Waals surface area (Å²) in [6.45, 7) is 8.59. The number of carbonyl (C=O) groups is 3. The van der Waals surface area contributed by atoms with Gasteiger partial charge in [-0.05, 0) is 27.7 Å². The third-order valence-electron chi connectivity index (χ3n) is 2.58. The summed E-state index contributed by atoms with van der Waals surface area (Å²) in [5.41, 5.74) is -0.800. The maximum Gasteiger partial charge on any atom is 0.330 e. The van der Waals surface area contributed by atoms with Crippen LogP contribution in [0.25, 0.3) is 0 Å². The van der Waals surface area contributed by atoms with E-state index in [-0.39, 0.29) is 25.7 Å². The standard InChI is InChI=1S/C14H23NO5/c1-6-19-12(17)8-9-14(4,5)15(11(3)16)10-13(18)20-7-2/h8-9H,6-7,10H2,1-5H3/b9-8+. The van der Waals surface area contributed by atoms with Crippen LogP contribution in [-0.4, -0.2) is 48.0 Å². The summed E-state index contributed by atoms with van der Waals surface area (Å²) in [4.78, 5) is 35.8. The molecule has 0 saturated carbocycles. The molecule has 20 heavy (non-hydrogen) atoms. The zero-order valence-electron chi connectivity index (χ0n) is 12.8. The van der Waals surface area contributed by atoms with E-state index < -0.39 is 17.5 Å². The number of esters is 2. The van der Waals surface area contributed by atoms with Crippen LogP contribution in [0.2, 0.25) is 0 Å². The summed E-state index contributed by atoms with van der Waals surface area (Å²) in [6.07, 6.45) is 2.79. The molecule has 0 aliphatic carbocycles. The molecule has 0 bridgehead atoms. The molecular weight excluding hydrogens is 262 g/mol. The van der Waals surface area contributed by atoms with Gasteiger partial charge in [0.1, 0.15) is 6.54 Å². The second-order valence-electron chi connectivity index (χ2n) is 4.65. The zero-order valence-corrected chi connectivity index (χ0v) is 12.8. The van der Waals surface area contributed by atoms with Gasteiger partial charge in [-0.15, -0.1) is 0 Å². The smallest absolute Gasteiger partial charge is 0.330 e. The van der Waals surface area contributed by atoms with E-state index in [0.29, 0.717) is 0 Å². The van der Waals surface area contributed by atoms with Gasteiger partial charge in [-0.25, -0.2) is 4.79 Å². The summed E-state index contributed by atoms with van der Waals surface area (Å²) < 4.78 is 9.61. The van der Waals surface area contributed by atoms with Crippen molar-refractivity contribution >= 4 is 17.8 Å². The lowest BCUT2D eigenvalue weighted by Gasteiger charge is -2.34. The van der Waals surface area contributed by atoms with E-state index >= 15 is 0 Å². The van der Waals surface area contributed by atoms with E-state index in [2.05, 4.69) is 0 Å². The molecule has 0 saturated heterocycles. The van der Waals surface area contributed by atoms with Crippen LogP contribution >= 0.6 is 0 Å². The lowest BCUT2D eigenvalue weighted by molar-refractivity contribution is -0.150. The SMILES string of the molecule is CCOC(=O)/C=C/C(C)(C)N(CC(=O)OCC)C(C)=O. The van der Waals surface area contributed by atoms with Crippen molar-refractivity contribution in [3.63, 3.8) is 0 Å². The van der Waals surface area contributed by atoms with Crippen molar-refractivity contribution in [2.75, 3.05) is 19.8 Å². The van der Waals surface area contributed by atoms with E-state index in [0.717, 1.165) is 0 Å². The molecule has 0 radical (unpaired) electrons. The summed E-state index contributed by atoms with van der Waals surface area (Å²) in [6, 6.07) is 0. The fourth-order valence-corrected chi connectivity index (χ4v) is 1.61. The maximum absolute atomic E-state index is 11.7. The van der Waals surface area contributed by atoms with Crippen molar-refractivity contribution in [3.05, 3.63) is 12.2 Å². The summed E-state index contributed by atoms with van der Waals surface area (Å²) in [5.74, 6) is -1.25. The molecule has 0 atom stereocenters. The third-order valence-corrected chi connectivity index (χ3v) is 2.58.